The molecule has 0 unspecified atom stereocenters. The van der Waals surface area contributed by atoms with E-state index in [0.29, 0.717) is 0 Å². The summed E-state index contributed by atoms with van der Waals surface area (Å²) in [6.45, 7) is 7.61. The number of morpholine rings is 1. The molecule has 1 aliphatic rings. The third-order valence-corrected chi connectivity index (χ3v) is 5.32. The van der Waals surface area contributed by atoms with Gasteiger partial charge in [0.2, 0.25) is 0 Å². The van der Waals surface area contributed by atoms with Gasteiger partial charge in [0, 0.05) is 13.1 Å². The van der Waals surface area contributed by atoms with Crippen molar-refractivity contribution >= 4 is 0 Å². The lowest BCUT2D eigenvalue weighted by molar-refractivity contribution is -0.0163. The van der Waals surface area contributed by atoms with Crippen LogP contribution in [-0.4, -0.2) is 51.4 Å². The fraction of sp³-hybridized carbons (Fsp3) is 0.381. The minimum absolute atomic E-state index is 0.0716. The molecule has 0 amide bonds. The molecule has 1 saturated heterocycles. The molecule has 27 heavy (non-hydrogen) atoms. The van der Waals surface area contributed by atoms with Gasteiger partial charge in [-0.2, -0.15) is 0 Å². The van der Waals surface area contributed by atoms with E-state index in [9.17, 15) is 0 Å². The SMILES string of the molecule is CC(C)(c1nnnn1C(c1ccccc1)c1ccccc1)N1CCOCC1. The highest BCUT2D eigenvalue weighted by molar-refractivity contribution is 5.33. The highest BCUT2D eigenvalue weighted by atomic mass is 16.5. The normalized spacial score (nSPS) is 16.0. The Morgan fingerprint density at radius 3 is 2.00 bits per heavy atom. The molecule has 0 bridgehead atoms. The summed E-state index contributed by atoms with van der Waals surface area (Å²) in [7, 11) is 0. The molecule has 1 aliphatic heterocycles. The zero-order chi connectivity index (χ0) is 18.7. The van der Waals surface area contributed by atoms with Gasteiger partial charge in [0.05, 0.1) is 18.8 Å². The van der Waals surface area contributed by atoms with E-state index in [4.69, 9.17) is 4.74 Å². The minimum atomic E-state index is -0.297. The molecule has 2 heterocycles. The molecule has 1 aromatic heterocycles. The number of rotatable bonds is 5. The summed E-state index contributed by atoms with van der Waals surface area (Å²) in [5.41, 5.74) is 2.03. The molecule has 0 aliphatic carbocycles. The van der Waals surface area contributed by atoms with E-state index < -0.39 is 0 Å². The van der Waals surface area contributed by atoms with Gasteiger partial charge in [-0.05, 0) is 35.4 Å². The lowest BCUT2D eigenvalue weighted by Gasteiger charge is -2.40. The van der Waals surface area contributed by atoms with Gasteiger partial charge in [-0.3, -0.25) is 4.90 Å². The van der Waals surface area contributed by atoms with Crippen molar-refractivity contribution in [1.29, 1.82) is 0 Å². The first-order chi connectivity index (χ1) is 13.2. The quantitative estimate of drug-likeness (QED) is 0.698. The van der Waals surface area contributed by atoms with Crippen LogP contribution in [0, 0.1) is 0 Å². The van der Waals surface area contributed by atoms with Crippen LogP contribution in [0.2, 0.25) is 0 Å². The zero-order valence-electron chi connectivity index (χ0n) is 15.8. The predicted octanol–water partition coefficient (Wildman–Crippen LogP) is 2.88. The van der Waals surface area contributed by atoms with Crippen LogP contribution in [0.25, 0.3) is 0 Å². The topological polar surface area (TPSA) is 56.1 Å². The average Bonchev–Trinajstić information content (AvgIpc) is 3.21. The third-order valence-electron chi connectivity index (χ3n) is 5.32. The van der Waals surface area contributed by atoms with Crippen LogP contribution in [0.1, 0.15) is 36.8 Å². The Balaban J connectivity index is 1.80. The van der Waals surface area contributed by atoms with Gasteiger partial charge in [0.1, 0.15) is 6.04 Å². The van der Waals surface area contributed by atoms with E-state index in [-0.39, 0.29) is 11.6 Å². The van der Waals surface area contributed by atoms with Gasteiger partial charge < -0.3 is 4.74 Å². The first-order valence-corrected chi connectivity index (χ1v) is 9.39. The van der Waals surface area contributed by atoms with Crippen LogP contribution in [0.15, 0.2) is 60.7 Å². The molecule has 140 valence electrons. The highest BCUT2D eigenvalue weighted by Crippen LogP contribution is 2.32. The molecule has 1 fully saturated rings. The predicted molar refractivity (Wildman–Crippen MR) is 103 cm³/mol. The Labute approximate surface area is 159 Å². The monoisotopic (exact) mass is 363 g/mol. The maximum absolute atomic E-state index is 5.53. The van der Waals surface area contributed by atoms with Crippen molar-refractivity contribution in [3.63, 3.8) is 0 Å². The molecule has 0 atom stereocenters. The molecular weight excluding hydrogens is 338 g/mol. The van der Waals surface area contributed by atoms with Crippen molar-refractivity contribution < 1.29 is 4.74 Å². The summed E-state index contributed by atoms with van der Waals surface area (Å²) < 4.78 is 7.50. The van der Waals surface area contributed by atoms with Crippen LogP contribution in [0.3, 0.4) is 0 Å². The Kier molecular flexibility index (Phi) is 5.01. The Bertz CT molecular complexity index is 817. The number of benzene rings is 2. The summed E-state index contributed by atoms with van der Waals surface area (Å²) >= 11 is 0. The highest BCUT2D eigenvalue weighted by Gasteiger charge is 2.37. The fourth-order valence-electron chi connectivity index (χ4n) is 3.78. The molecule has 6 nitrogen and oxygen atoms in total. The third kappa shape index (κ3) is 3.50. The van der Waals surface area contributed by atoms with Crippen LogP contribution in [0.4, 0.5) is 0 Å². The van der Waals surface area contributed by atoms with E-state index in [1.54, 1.807) is 0 Å². The van der Waals surface area contributed by atoms with Crippen molar-refractivity contribution in [2.24, 2.45) is 0 Å². The summed E-state index contributed by atoms with van der Waals surface area (Å²) in [5, 5.41) is 12.9. The van der Waals surface area contributed by atoms with E-state index in [0.717, 1.165) is 43.3 Å². The molecule has 6 heteroatoms. The van der Waals surface area contributed by atoms with Crippen molar-refractivity contribution in [2.45, 2.75) is 25.4 Å². The molecule has 2 aromatic carbocycles. The summed E-state index contributed by atoms with van der Waals surface area (Å²) in [4.78, 5) is 2.39. The van der Waals surface area contributed by atoms with Crippen molar-refractivity contribution in [3.8, 4) is 0 Å². The van der Waals surface area contributed by atoms with Crippen LogP contribution >= 0.6 is 0 Å². The smallest absolute Gasteiger partial charge is 0.172 e. The van der Waals surface area contributed by atoms with E-state index in [2.05, 4.69) is 82.8 Å². The average molecular weight is 363 g/mol. The van der Waals surface area contributed by atoms with Crippen LogP contribution in [-0.2, 0) is 10.3 Å². The standard InChI is InChI=1S/C21H25N5O/c1-21(2,25-13-15-27-16-14-25)20-22-23-24-26(20)19(17-9-5-3-6-10-17)18-11-7-4-8-12-18/h3-12,19H,13-16H2,1-2H3. The van der Waals surface area contributed by atoms with E-state index >= 15 is 0 Å². The Hall–Kier alpha value is -2.57. The molecule has 0 spiro atoms. The van der Waals surface area contributed by atoms with Gasteiger partial charge in [-0.15, -0.1) is 5.10 Å². The van der Waals surface area contributed by atoms with Gasteiger partial charge >= 0.3 is 0 Å². The number of tetrazole rings is 1. The van der Waals surface area contributed by atoms with Crippen molar-refractivity contribution in [2.75, 3.05) is 26.3 Å². The lowest BCUT2D eigenvalue weighted by atomic mass is 9.96. The summed E-state index contributed by atoms with van der Waals surface area (Å²) in [5.74, 6) is 0.863. The number of nitrogens with zero attached hydrogens (tertiary/aromatic N) is 5. The number of ether oxygens (including phenoxy) is 1. The van der Waals surface area contributed by atoms with Gasteiger partial charge in [0.15, 0.2) is 5.82 Å². The van der Waals surface area contributed by atoms with Crippen molar-refractivity contribution in [3.05, 3.63) is 77.6 Å². The second-order valence-corrected chi connectivity index (χ2v) is 7.33. The summed E-state index contributed by atoms with van der Waals surface area (Å²) in [6, 6.07) is 20.7. The van der Waals surface area contributed by atoms with Crippen LogP contribution in [0.5, 0.6) is 0 Å². The van der Waals surface area contributed by atoms with E-state index in [1.807, 2.05) is 16.8 Å². The number of aromatic nitrogens is 4. The summed E-state index contributed by atoms with van der Waals surface area (Å²) in [6.07, 6.45) is 0. The van der Waals surface area contributed by atoms with Crippen molar-refractivity contribution in [1.82, 2.24) is 25.1 Å². The Morgan fingerprint density at radius 2 is 1.44 bits per heavy atom. The molecule has 0 radical (unpaired) electrons. The maximum Gasteiger partial charge on any atom is 0.172 e. The van der Waals surface area contributed by atoms with Gasteiger partial charge in [-0.25, -0.2) is 4.68 Å². The van der Waals surface area contributed by atoms with E-state index in [1.165, 1.54) is 0 Å². The lowest BCUT2D eigenvalue weighted by Crippen LogP contribution is -2.49. The first-order valence-electron chi connectivity index (χ1n) is 9.39. The second-order valence-electron chi connectivity index (χ2n) is 7.33. The maximum atomic E-state index is 5.53. The first kappa shape index (κ1) is 17.8. The zero-order valence-corrected chi connectivity index (χ0v) is 15.8. The largest absolute Gasteiger partial charge is 0.379 e. The molecule has 0 N–H and O–H groups in total. The fourth-order valence-corrected chi connectivity index (χ4v) is 3.78. The molecule has 0 saturated carbocycles. The molecule has 4 rings (SSSR count). The van der Waals surface area contributed by atoms with Crippen LogP contribution < -0.4 is 0 Å². The molecule has 3 aromatic rings. The second kappa shape index (κ2) is 7.58. The number of hydrogen-bond donors (Lipinski definition) is 0. The van der Waals surface area contributed by atoms with Gasteiger partial charge in [-0.1, -0.05) is 60.7 Å². The molecular formula is C21H25N5O. The van der Waals surface area contributed by atoms with Gasteiger partial charge in [0.25, 0.3) is 0 Å². The minimum Gasteiger partial charge on any atom is -0.379 e. The number of hydrogen-bond acceptors (Lipinski definition) is 5. The Morgan fingerprint density at radius 1 is 0.889 bits per heavy atom.